The van der Waals surface area contributed by atoms with Gasteiger partial charge in [0, 0.05) is 30.4 Å². The van der Waals surface area contributed by atoms with Crippen LogP contribution in [0.15, 0.2) is 24.5 Å². The van der Waals surface area contributed by atoms with Crippen molar-refractivity contribution < 1.29 is 0 Å². The van der Waals surface area contributed by atoms with E-state index in [0.717, 1.165) is 12.2 Å². The monoisotopic (exact) mass is 231 g/mol. The Kier molecular flexibility index (Phi) is 4.15. The second kappa shape index (κ2) is 5.82. The Morgan fingerprint density at radius 1 is 1.47 bits per heavy atom. The first-order valence-electron chi connectivity index (χ1n) is 6.45. The van der Waals surface area contributed by atoms with Crippen molar-refractivity contribution in [2.45, 2.75) is 45.7 Å². The van der Waals surface area contributed by atoms with E-state index in [9.17, 15) is 0 Å². The second-order valence-electron chi connectivity index (χ2n) is 4.64. The second-order valence-corrected chi connectivity index (χ2v) is 4.64. The van der Waals surface area contributed by atoms with Crippen molar-refractivity contribution in [3.05, 3.63) is 30.1 Å². The smallest absolute Gasteiger partial charge is 0.137 e. The van der Waals surface area contributed by atoms with Gasteiger partial charge in [-0.1, -0.05) is 19.8 Å². The molecule has 0 saturated carbocycles. The highest BCUT2D eigenvalue weighted by Gasteiger charge is 2.05. The molecule has 2 aromatic heterocycles. The molecule has 0 saturated heterocycles. The summed E-state index contributed by atoms with van der Waals surface area (Å²) in [4.78, 5) is 7.50. The van der Waals surface area contributed by atoms with E-state index in [2.05, 4.69) is 41.4 Å². The van der Waals surface area contributed by atoms with Crippen LogP contribution in [-0.4, -0.2) is 16.0 Å². The molecule has 2 aromatic rings. The van der Waals surface area contributed by atoms with Crippen LogP contribution < -0.4 is 5.32 Å². The third kappa shape index (κ3) is 3.07. The van der Waals surface area contributed by atoms with E-state index in [0.29, 0.717) is 6.04 Å². The number of nitrogens with one attached hydrogen (secondary N) is 2. The van der Waals surface area contributed by atoms with Crippen molar-refractivity contribution in [2.75, 3.05) is 0 Å². The number of H-pyrrole nitrogens is 1. The van der Waals surface area contributed by atoms with Gasteiger partial charge in [0.15, 0.2) is 0 Å². The average molecular weight is 231 g/mol. The molecule has 0 fully saturated rings. The molecule has 3 heteroatoms. The van der Waals surface area contributed by atoms with Gasteiger partial charge in [-0.3, -0.25) is 0 Å². The molecule has 1 atom stereocenters. The van der Waals surface area contributed by atoms with Crippen LogP contribution in [0.4, 0.5) is 0 Å². The molecule has 92 valence electrons. The van der Waals surface area contributed by atoms with Gasteiger partial charge >= 0.3 is 0 Å². The standard InChI is InChI=1S/C14H21N3/c1-3-4-6-11(2)16-9-12-10-17-14-13(12)7-5-8-15-14/h5,7-8,10-11,16H,3-4,6,9H2,1-2H3,(H,15,17). The molecule has 0 bridgehead atoms. The molecule has 2 rings (SSSR count). The molecule has 0 amide bonds. The van der Waals surface area contributed by atoms with Crippen LogP contribution in [0, 0.1) is 0 Å². The zero-order valence-corrected chi connectivity index (χ0v) is 10.7. The van der Waals surface area contributed by atoms with Crippen molar-refractivity contribution in [3.63, 3.8) is 0 Å². The van der Waals surface area contributed by atoms with Crippen LogP contribution in [0.1, 0.15) is 38.7 Å². The van der Waals surface area contributed by atoms with E-state index in [1.165, 1.54) is 30.2 Å². The molecule has 2 heterocycles. The highest BCUT2D eigenvalue weighted by Crippen LogP contribution is 2.15. The molecule has 2 N–H and O–H groups in total. The summed E-state index contributed by atoms with van der Waals surface area (Å²) in [5.41, 5.74) is 2.28. The van der Waals surface area contributed by atoms with E-state index < -0.39 is 0 Å². The molecule has 1 unspecified atom stereocenters. The summed E-state index contributed by atoms with van der Waals surface area (Å²) in [6, 6.07) is 4.68. The van der Waals surface area contributed by atoms with Crippen molar-refractivity contribution in [3.8, 4) is 0 Å². The molecule has 17 heavy (non-hydrogen) atoms. The zero-order chi connectivity index (χ0) is 12.1. The number of nitrogens with zero attached hydrogens (tertiary/aromatic N) is 1. The van der Waals surface area contributed by atoms with E-state index in [1.807, 2.05) is 12.3 Å². The Bertz CT molecular complexity index is 461. The molecule has 0 spiro atoms. The summed E-state index contributed by atoms with van der Waals surface area (Å²) in [5, 5.41) is 4.79. The average Bonchev–Trinajstić information content (AvgIpc) is 2.77. The summed E-state index contributed by atoms with van der Waals surface area (Å²) >= 11 is 0. The number of fused-ring (bicyclic) bond motifs is 1. The number of aromatic amines is 1. The van der Waals surface area contributed by atoms with Gasteiger partial charge in [0.2, 0.25) is 0 Å². The van der Waals surface area contributed by atoms with E-state index in [1.54, 1.807) is 0 Å². The molecule has 3 nitrogen and oxygen atoms in total. The largest absolute Gasteiger partial charge is 0.346 e. The van der Waals surface area contributed by atoms with Crippen molar-refractivity contribution in [1.29, 1.82) is 0 Å². The summed E-state index contributed by atoms with van der Waals surface area (Å²) in [5.74, 6) is 0. The lowest BCUT2D eigenvalue weighted by Gasteiger charge is -2.12. The Hall–Kier alpha value is -1.35. The van der Waals surface area contributed by atoms with Gasteiger partial charge < -0.3 is 10.3 Å². The molecule has 0 aliphatic heterocycles. The zero-order valence-electron chi connectivity index (χ0n) is 10.7. The van der Waals surface area contributed by atoms with E-state index in [4.69, 9.17) is 0 Å². The Morgan fingerprint density at radius 2 is 2.35 bits per heavy atom. The topological polar surface area (TPSA) is 40.7 Å². The predicted molar refractivity (Wildman–Crippen MR) is 71.9 cm³/mol. The number of rotatable bonds is 6. The summed E-state index contributed by atoms with van der Waals surface area (Å²) in [6.45, 7) is 5.40. The highest BCUT2D eigenvalue weighted by atomic mass is 14.9. The lowest BCUT2D eigenvalue weighted by atomic mass is 10.1. The Balaban J connectivity index is 1.95. The minimum absolute atomic E-state index is 0.580. The normalized spacial score (nSPS) is 13.1. The molecule has 0 aliphatic carbocycles. The van der Waals surface area contributed by atoms with Crippen molar-refractivity contribution in [1.82, 2.24) is 15.3 Å². The third-order valence-corrected chi connectivity index (χ3v) is 3.17. The van der Waals surface area contributed by atoms with Crippen LogP contribution in [-0.2, 0) is 6.54 Å². The number of pyridine rings is 1. The molecular formula is C14H21N3. The lowest BCUT2D eigenvalue weighted by molar-refractivity contribution is 0.496. The SMILES string of the molecule is CCCCC(C)NCc1c[nH]c2ncccc12. The predicted octanol–water partition coefficient (Wildman–Crippen LogP) is 3.23. The number of aromatic nitrogens is 2. The lowest BCUT2D eigenvalue weighted by Crippen LogP contribution is -2.25. The molecule has 0 aliphatic rings. The fraction of sp³-hybridized carbons (Fsp3) is 0.500. The van der Waals surface area contributed by atoms with Crippen LogP contribution in [0.2, 0.25) is 0 Å². The molecule has 0 radical (unpaired) electrons. The Labute approximate surface area is 103 Å². The van der Waals surface area contributed by atoms with Crippen LogP contribution in [0.5, 0.6) is 0 Å². The van der Waals surface area contributed by atoms with Crippen molar-refractivity contribution >= 4 is 11.0 Å². The van der Waals surface area contributed by atoms with Gasteiger partial charge in [-0.2, -0.15) is 0 Å². The minimum atomic E-state index is 0.580. The van der Waals surface area contributed by atoms with Gasteiger partial charge in [-0.05, 0) is 31.0 Å². The minimum Gasteiger partial charge on any atom is -0.346 e. The molecule has 0 aromatic carbocycles. The van der Waals surface area contributed by atoms with Crippen molar-refractivity contribution in [2.24, 2.45) is 0 Å². The van der Waals surface area contributed by atoms with E-state index >= 15 is 0 Å². The fourth-order valence-corrected chi connectivity index (χ4v) is 2.06. The van der Waals surface area contributed by atoms with Gasteiger partial charge in [0.1, 0.15) is 5.65 Å². The summed E-state index contributed by atoms with van der Waals surface area (Å²) < 4.78 is 0. The summed E-state index contributed by atoms with van der Waals surface area (Å²) in [6.07, 6.45) is 7.68. The van der Waals surface area contributed by atoms with Gasteiger partial charge in [0.25, 0.3) is 0 Å². The Morgan fingerprint density at radius 3 is 3.18 bits per heavy atom. The highest BCUT2D eigenvalue weighted by molar-refractivity contribution is 5.79. The molecular weight excluding hydrogens is 210 g/mol. The van der Waals surface area contributed by atoms with Gasteiger partial charge in [0.05, 0.1) is 0 Å². The quantitative estimate of drug-likeness (QED) is 0.801. The first kappa shape index (κ1) is 12.1. The first-order chi connectivity index (χ1) is 8.31. The number of hydrogen-bond acceptors (Lipinski definition) is 2. The number of hydrogen-bond donors (Lipinski definition) is 2. The van der Waals surface area contributed by atoms with Crippen LogP contribution >= 0.6 is 0 Å². The first-order valence-corrected chi connectivity index (χ1v) is 6.45. The fourth-order valence-electron chi connectivity index (χ4n) is 2.06. The van der Waals surface area contributed by atoms with Crippen LogP contribution in [0.3, 0.4) is 0 Å². The van der Waals surface area contributed by atoms with E-state index in [-0.39, 0.29) is 0 Å². The van der Waals surface area contributed by atoms with Gasteiger partial charge in [-0.15, -0.1) is 0 Å². The maximum atomic E-state index is 4.30. The van der Waals surface area contributed by atoms with Gasteiger partial charge in [-0.25, -0.2) is 4.98 Å². The van der Waals surface area contributed by atoms with Crippen LogP contribution in [0.25, 0.3) is 11.0 Å². The summed E-state index contributed by atoms with van der Waals surface area (Å²) in [7, 11) is 0. The number of unbranched alkanes of at least 4 members (excludes halogenated alkanes) is 1. The maximum absolute atomic E-state index is 4.30. The third-order valence-electron chi connectivity index (χ3n) is 3.17. The maximum Gasteiger partial charge on any atom is 0.137 e.